The fraction of sp³-hybridized carbons (Fsp3) is 0. The van der Waals surface area contributed by atoms with Crippen LogP contribution in [0.15, 0.2) is 30.1 Å². The van der Waals surface area contributed by atoms with Crippen molar-refractivity contribution < 1.29 is 5.21 Å². The Hall–Kier alpha value is -2.51. The van der Waals surface area contributed by atoms with Gasteiger partial charge in [0.2, 0.25) is 11.7 Å². The van der Waals surface area contributed by atoms with Crippen LogP contribution >= 0.6 is 0 Å². The van der Waals surface area contributed by atoms with E-state index in [1.807, 2.05) is 0 Å². The fourth-order valence-corrected chi connectivity index (χ4v) is 0.955. The van der Waals surface area contributed by atoms with Gasteiger partial charge in [-0.15, -0.1) is 5.10 Å². The van der Waals surface area contributed by atoms with Crippen molar-refractivity contribution in [2.45, 2.75) is 0 Å². The lowest BCUT2D eigenvalue weighted by Gasteiger charge is -1.95. The highest BCUT2D eigenvalue weighted by Crippen LogP contribution is 1.99. The van der Waals surface area contributed by atoms with Gasteiger partial charge in [0.25, 0.3) is 0 Å². The first-order valence-corrected chi connectivity index (χ1v) is 3.97. The Kier molecular flexibility index (Phi) is 2.23. The van der Waals surface area contributed by atoms with E-state index in [9.17, 15) is 0 Å². The third-order valence-corrected chi connectivity index (χ3v) is 1.63. The first-order chi connectivity index (χ1) is 7.31. The number of nitrogens with zero attached hydrogens (tertiary/aromatic N) is 6. The Balaban J connectivity index is 2.36. The van der Waals surface area contributed by atoms with Gasteiger partial charge in [-0.2, -0.15) is 0 Å². The normalized spacial score (nSPS) is 11.6. The minimum atomic E-state index is -0.150. The average Bonchev–Trinajstić information content (AvgIpc) is 2.78. The van der Waals surface area contributed by atoms with Gasteiger partial charge >= 0.3 is 0 Å². The minimum Gasteiger partial charge on any atom is -0.409 e. The zero-order chi connectivity index (χ0) is 10.7. The molecule has 0 atom stereocenters. The summed E-state index contributed by atoms with van der Waals surface area (Å²) in [5.41, 5.74) is 5.31. The maximum Gasteiger partial charge on any atom is 0.220 e. The van der Waals surface area contributed by atoms with E-state index in [2.05, 4.69) is 25.2 Å². The van der Waals surface area contributed by atoms with Crippen LogP contribution in [0.4, 0.5) is 0 Å². The number of rotatable bonds is 2. The van der Waals surface area contributed by atoms with Crippen molar-refractivity contribution in [2.75, 3.05) is 0 Å². The van der Waals surface area contributed by atoms with Gasteiger partial charge in [0.1, 0.15) is 12.7 Å². The monoisotopic (exact) mass is 205 g/mol. The second-order valence-electron chi connectivity index (χ2n) is 2.57. The summed E-state index contributed by atoms with van der Waals surface area (Å²) in [5.74, 6) is 0.536. The summed E-state index contributed by atoms with van der Waals surface area (Å²) in [6.45, 7) is 0. The van der Waals surface area contributed by atoms with Gasteiger partial charge in [-0.1, -0.05) is 5.16 Å². The quantitative estimate of drug-likeness (QED) is 0.285. The molecule has 8 nitrogen and oxygen atoms in total. The first-order valence-electron chi connectivity index (χ1n) is 3.97. The van der Waals surface area contributed by atoms with Crippen LogP contribution in [0.1, 0.15) is 5.82 Å². The molecule has 3 N–H and O–H groups in total. The number of hydrogen-bond donors (Lipinski definition) is 2. The van der Waals surface area contributed by atoms with Crippen molar-refractivity contribution in [2.24, 2.45) is 10.9 Å². The molecule has 0 saturated carbocycles. The van der Waals surface area contributed by atoms with Crippen LogP contribution in [0, 0.1) is 0 Å². The Morgan fingerprint density at radius 1 is 1.47 bits per heavy atom. The SMILES string of the molecule is NC(=NO)c1ncn(-c2ccncn2)n1. The van der Waals surface area contributed by atoms with Gasteiger partial charge < -0.3 is 10.9 Å². The standard InChI is InChI=1S/C7H7N7O/c8-6(13-15)7-11-4-14(12-7)5-1-2-9-3-10-5/h1-4,15H,(H2,8,13). The second kappa shape index (κ2) is 3.70. The van der Waals surface area contributed by atoms with E-state index in [1.165, 1.54) is 17.3 Å². The zero-order valence-corrected chi connectivity index (χ0v) is 7.52. The molecule has 0 saturated heterocycles. The summed E-state index contributed by atoms with van der Waals surface area (Å²) in [7, 11) is 0. The van der Waals surface area contributed by atoms with E-state index >= 15 is 0 Å². The van der Waals surface area contributed by atoms with Crippen molar-refractivity contribution in [3.05, 3.63) is 30.7 Å². The molecule has 2 heterocycles. The molecule has 2 aromatic rings. The maximum absolute atomic E-state index is 8.42. The van der Waals surface area contributed by atoms with Crippen LogP contribution in [0.25, 0.3) is 5.82 Å². The molecular formula is C7H7N7O. The molecule has 0 amide bonds. The lowest BCUT2D eigenvalue weighted by atomic mass is 10.6. The molecule has 0 radical (unpaired) electrons. The lowest BCUT2D eigenvalue weighted by Crippen LogP contribution is -2.15. The number of amidine groups is 1. The van der Waals surface area contributed by atoms with E-state index in [1.54, 1.807) is 12.3 Å². The molecule has 2 aromatic heterocycles. The van der Waals surface area contributed by atoms with Crippen molar-refractivity contribution in [1.29, 1.82) is 0 Å². The Morgan fingerprint density at radius 2 is 2.33 bits per heavy atom. The van der Waals surface area contributed by atoms with Crippen LogP contribution < -0.4 is 5.73 Å². The van der Waals surface area contributed by atoms with Crippen LogP contribution in [-0.2, 0) is 0 Å². The number of hydrogen-bond acceptors (Lipinski definition) is 6. The topological polar surface area (TPSA) is 115 Å². The van der Waals surface area contributed by atoms with Gasteiger partial charge in [0, 0.05) is 12.3 Å². The summed E-state index contributed by atoms with van der Waals surface area (Å²) in [4.78, 5) is 11.6. The van der Waals surface area contributed by atoms with Gasteiger partial charge in [-0.3, -0.25) is 0 Å². The van der Waals surface area contributed by atoms with Gasteiger partial charge in [0.15, 0.2) is 5.82 Å². The highest BCUT2D eigenvalue weighted by molar-refractivity contribution is 5.93. The molecule has 0 bridgehead atoms. The summed E-state index contributed by atoms with van der Waals surface area (Å²) in [5, 5.41) is 15.2. The molecule has 0 aromatic carbocycles. The molecule has 0 fully saturated rings. The fourth-order valence-electron chi connectivity index (χ4n) is 0.955. The third kappa shape index (κ3) is 1.73. The largest absolute Gasteiger partial charge is 0.409 e. The molecule has 0 aliphatic heterocycles. The van der Waals surface area contributed by atoms with Crippen molar-refractivity contribution in [3.8, 4) is 5.82 Å². The molecule has 76 valence electrons. The molecule has 0 unspecified atom stereocenters. The minimum absolute atomic E-state index is 0.135. The molecule has 15 heavy (non-hydrogen) atoms. The van der Waals surface area contributed by atoms with E-state index in [-0.39, 0.29) is 11.7 Å². The summed E-state index contributed by atoms with van der Waals surface area (Å²) in [6, 6.07) is 1.66. The molecule has 8 heteroatoms. The summed E-state index contributed by atoms with van der Waals surface area (Å²) < 4.78 is 1.40. The number of aromatic nitrogens is 5. The predicted octanol–water partition coefficient (Wildman–Crippen LogP) is -0.848. The van der Waals surface area contributed by atoms with Crippen molar-refractivity contribution >= 4 is 5.84 Å². The molecule has 0 aliphatic carbocycles. The molecular weight excluding hydrogens is 198 g/mol. The van der Waals surface area contributed by atoms with Crippen LogP contribution in [0.2, 0.25) is 0 Å². The van der Waals surface area contributed by atoms with Gasteiger partial charge in [-0.25, -0.2) is 19.6 Å². The van der Waals surface area contributed by atoms with Crippen molar-refractivity contribution in [3.63, 3.8) is 0 Å². The van der Waals surface area contributed by atoms with E-state index in [0.29, 0.717) is 5.82 Å². The van der Waals surface area contributed by atoms with E-state index < -0.39 is 0 Å². The first kappa shape index (κ1) is 9.06. The lowest BCUT2D eigenvalue weighted by molar-refractivity contribution is 0.318. The van der Waals surface area contributed by atoms with E-state index in [0.717, 1.165) is 0 Å². The summed E-state index contributed by atoms with van der Waals surface area (Å²) >= 11 is 0. The number of nitrogens with two attached hydrogens (primary N) is 1. The number of oxime groups is 1. The van der Waals surface area contributed by atoms with E-state index in [4.69, 9.17) is 10.9 Å². The Bertz CT molecular complexity index is 477. The summed E-state index contributed by atoms with van der Waals surface area (Å²) in [6.07, 6.45) is 4.38. The smallest absolute Gasteiger partial charge is 0.220 e. The third-order valence-electron chi connectivity index (χ3n) is 1.63. The molecule has 0 aliphatic rings. The highest BCUT2D eigenvalue weighted by atomic mass is 16.4. The highest BCUT2D eigenvalue weighted by Gasteiger charge is 2.06. The maximum atomic E-state index is 8.42. The second-order valence-corrected chi connectivity index (χ2v) is 2.57. The molecule has 0 spiro atoms. The van der Waals surface area contributed by atoms with Crippen molar-refractivity contribution in [1.82, 2.24) is 24.7 Å². The molecule has 2 rings (SSSR count). The predicted molar refractivity (Wildman–Crippen MR) is 49.5 cm³/mol. The van der Waals surface area contributed by atoms with Gasteiger partial charge in [0.05, 0.1) is 0 Å². The average molecular weight is 205 g/mol. The zero-order valence-electron chi connectivity index (χ0n) is 7.52. The Morgan fingerprint density at radius 3 is 3.00 bits per heavy atom. The van der Waals surface area contributed by atoms with Crippen LogP contribution in [0.5, 0.6) is 0 Å². The van der Waals surface area contributed by atoms with Gasteiger partial charge in [-0.05, 0) is 0 Å². The Labute approximate surface area is 84.1 Å². The van der Waals surface area contributed by atoms with Crippen LogP contribution in [-0.4, -0.2) is 35.8 Å². The van der Waals surface area contributed by atoms with Crippen LogP contribution in [0.3, 0.4) is 0 Å².